The topological polar surface area (TPSA) is 96.3 Å². The van der Waals surface area contributed by atoms with Crippen LogP contribution in [0.4, 0.5) is 5.69 Å². The van der Waals surface area contributed by atoms with Crippen LogP contribution in [0.2, 0.25) is 0 Å². The lowest BCUT2D eigenvalue weighted by atomic mass is 9.95. The highest BCUT2D eigenvalue weighted by molar-refractivity contribution is 6.51. The average molecular weight is 445 g/mol. The second-order valence-electron chi connectivity index (χ2n) is 7.39. The third-order valence-corrected chi connectivity index (χ3v) is 5.44. The van der Waals surface area contributed by atoms with Crippen LogP contribution >= 0.6 is 0 Å². The summed E-state index contributed by atoms with van der Waals surface area (Å²) in [5, 5.41) is 21.1. The summed E-state index contributed by atoms with van der Waals surface area (Å²) in [7, 11) is 1.41. The van der Waals surface area contributed by atoms with Crippen molar-refractivity contribution in [1.82, 2.24) is 0 Å². The van der Waals surface area contributed by atoms with Crippen molar-refractivity contribution in [3.63, 3.8) is 0 Å². The maximum Gasteiger partial charge on any atom is 0.300 e. The number of phenolic OH excluding ortho intramolecular Hbond substituents is 1. The zero-order valence-corrected chi connectivity index (χ0v) is 18.2. The first kappa shape index (κ1) is 22.0. The summed E-state index contributed by atoms with van der Waals surface area (Å²) >= 11 is 0. The SMILES string of the molecule is CCOc1ccc(N2C(=O)C(=O)/C(=C(/O)c3ccccc3)[C@@H]2c2ccc(O)c(OC)c2)cc1. The molecule has 168 valence electrons. The molecule has 1 atom stereocenters. The van der Waals surface area contributed by atoms with Crippen molar-refractivity contribution in [1.29, 1.82) is 0 Å². The summed E-state index contributed by atoms with van der Waals surface area (Å²) < 4.78 is 10.7. The van der Waals surface area contributed by atoms with Crippen LogP contribution in [-0.4, -0.2) is 35.6 Å². The first-order chi connectivity index (χ1) is 16.0. The zero-order valence-electron chi connectivity index (χ0n) is 18.2. The van der Waals surface area contributed by atoms with Gasteiger partial charge in [0.2, 0.25) is 0 Å². The molecule has 1 aliphatic heterocycles. The van der Waals surface area contributed by atoms with Crippen LogP contribution in [0.25, 0.3) is 5.76 Å². The lowest BCUT2D eigenvalue weighted by molar-refractivity contribution is -0.132. The van der Waals surface area contributed by atoms with Crippen molar-refractivity contribution in [3.8, 4) is 17.2 Å². The van der Waals surface area contributed by atoms with Gasteiger partial charge in [0.1, 0.15) is 11.5 Å². The normalized spacial score (nSPS) is 17.3. The molecule has 0 spiro atoms. The maximum absolute atomic E-state index is 13.2. The maximum atomic E-state index is 13.2. The van der Waals surface area contributed by atoms with Gasteiger partial charge < -0.3 is 19.7 Å². The number of nitrogens with zero attached hydrogens (tertiary/aromatic N) is 1. The number of phenols is 1. The Bertz CT molecular complexity index is 1220. The molecule has 7 heteroatoms. The number of benzene rings is 3. The Hall–Kier alpha value is -4.26. The fourth-order valence-corrected chi connectivity index (χ4v) is 3.90. The van der Waals surface area contributed by atoms with Crippen LogP contribution in [0.3, 0.4) is 0 Å². The van der Waals surface area contributed by atoms with Crippen molar-refractivity contribution in [2.75, 3.05) is 18.6 Å². The molecule has 0 aliphatic carbocycles. The number of hydrogen-bond acceptors (Lipinski definition) is 6. The van der Waals surface area contributed by atoms with Gasteiger partial charge in [-0.2, -0.15) is 0 Å². The average Bonchev–Trinajstić information content (AvgIpc) is 3.10. The van der Waals surface area contributed by atoms with Crippen molar-refractivity contribution in [3.05, 3.63) is 89.5 Å². The summed E-state index contributed by atoms with van der Waals surface area (Å²) in [6.45, 7) is 2.36. The number of aromatic hydroxyl groups is 1. The van der Waals surface area contributed by atoms with Gasteiger partial charge in [0.05, 0.1) is 25.3 Å². The molecule has 1 aliphatic rings. The van der Waals surface area contributed by atoms with E-state index in [9.17, 15) is 19.8 Å². The molecule has 3 aromatic carbocycles. The second-order valence-corrected chi connectivity index (χ2v) is 7.39. The second kappa shape index (κ2) is 9.08. The number of Topliss-reactive ketones (excluding diaryl/α,β-unsaturated/α-hetero) is 1. The summed E-state index contributed by atoms with van der Waals surface area (Å²) in [6, 6.07) is 19.0. The van der Waals surface area contributed by atoms with Crippen molar-refractivity contribution < 1.29 is 29.3 Å². The van der Waals surface area contributed by atoms with E-state index < -0.39 is 17.7 Å². The number of rotatable bonds is 6. The summed E-state index contributed by atoms with van der Waals surface area (Å²) in [6.07, 6.45) is 0. The fourth-order valence-electron chi connectivity index (χ4n) is 3.90. The predicted molar refractivity (Wildman–Crippen MR) is 123 cm³/mol. The molecule has 7 nitrogen and oxygen atoms in total. The Kier molecular flexibility index (Phi) is 6.04. The molecule has 1 fully saturated rings. The molecular weight excluding hydrogens is 422 g/mol. The number of aliphatic hydroxyl groups excluding tert-OH is 1. The summed E-state index contributed by atoms with van der Waals surface area (Å²) in [4.78, 5) is 27.7. The van der Waals surface area contributed by atoms with E-state index in [2.05, 4.69) is 0 Å². The monoisotopic (exact) mass is 445 g/mol. The van der Waals surface area contributed by atoms with Crippen LogP contribution in [0.1, 0.15) is 24.1 Å². The van der Waals surface area contributed by atoms with E-state index in [1.165, 1.54) is 18.1 Å². The van der Waals surface area contributed by atoms with E-state index in [4.69, 9.17) is 9.47 Å². The first-order valence-corrected chi connectivity index (χ1v) is 10.4. The number of carbonyl (C=O) groups is 2. The Morgan fingerprint density at radius 1 is 1.00 bits per heavy atom. The van der Waals surface area contributed by atoms with Crippen molar-refractivity contribution in [2.24, 2.45) is 0 Å². The molecule has 4 rings (SSSR count). The first-order valence-electron chi connectivity index (χ1n) is 10.4. The van der Waals surface area contributed by atoms with Crippen LogP contribution in [0, 0.1) is 0 Å². The van der Waals surface area contributed by atoms with E-state index in [0.717, 1.165) is 0 Å². The smallest absolute Gasteiger partial charge is 0.300 e. The number of hydrogen-bond donors (Lipinski definition) is 2. The zero-order chi connectivity index (χ0) is 23.5. The van der Waals surface area contributed by atoms with Crippen molar-refractivity contribution >= 4 is 23.1 Å². The highest BCUT2D eigenvalue weighted by Gasteiger charge is 2.47. The minimum atomic E-state index is -0.933. The van der Waals surface area contributed by atoms with Crippen LogP contribution in [-0.2, 0) is 9.59 Å². The number of carbonyl (C=O) groups excluding carboxylic acids is 2. The van der Waals surface area contributed by atoms with Crippen LogP contribution in [0.15, 0.2) is 78.4 Å². The highest BCUT2D eigenvalue weighted by Crippen LogP contribution is 2.44. The van der Waals surface area contributed by atoms with E-state index in [-0.39, 0.29) is 22.8 Å². The fraction of sp³-hybridized carbons (Fsp3) is 0.154. The molecule has 1 saturated heterocycles. The predicted octanol–water partition coefficient (Wildman–Crippen LogP) is 4.43. The van der Waals surface area contributed by atoms with Crippen molar-refractivity contribution in [2.45, 2.75) is 13.0 Å². The minimum absolute atomic E-state index is 0.0483. The number of ether oxygens (including phenoxy) is 2. The van der Waals surface area contributed by atoms with Gasteiger partial charge in [-0.1, -0.05) is 36.4 Å². The lowest BCUT2D eigenvalue weighted by Gasteiger charge is -2.26. The number of aliphatic hydroxyl groups is 1. The number of ketones is 1. The molecule has 0 bridgehead atoms. The molecule has 1 heterocycles. The van der Waals surface area contributed by atoms with Gasteiger partial charge in [0.25, 0.3) is 11.7 Å². The largest absolute Gasteiger partial charge is 0.507 e. The van der Waals surface area contributed by atoms with Crippen LogP contribution < -0.4 is 14.4 Å². The van der Waals surface area contributed by atoms with E-state index >= 15 is 0 Å². The Labute approximate surface area is 191 Å². The standard InChI is InChI=1S/C26H23NO6/c1-3-33-19-12-10-18(11-13-19)27-23(17-9-14-20(28)21(15-17)32-2)22(25(30)26(27)31)24(29)16-7-5-4-6-8-16/h4-15,23,28-29H,3H2,1-2H3/b24-22+/t23-/m0/s1. The molecule has 2 N–H and O–H groups in total. The lowest BCUT2D eigenvalue weighted by Crippen LogP contribution is -2.29. The van der Waals surface area contributed by atoms with Gasteiger partial charge in [0.15, 0.2) is 11.5 Å². The third-order valence-electron chi connectivity index (χ3n) is 5.44. The third kappa shape index (κ3) is 4.01. The molecule has 1 amide bonds. The van der Waals surface area contributed by atoms with Crippen LogP contribution in [0.5, 0.6) is 17.2 Å². The Balaban J connectivity index is 1.92. The van der Waals surface area contributed by atoms with Gasteiger partial charge in [-0.15, -0.1) is 0 Å². The number of anilines is 1. The molecule has 0 radical (unpaired) electrons. The van der Waals surface area contributed by atoms with E-state index in [1.54, 1.807) is 66.7 Å². The molecule has 33 heavy (non-hydrogen) atoms. The molecule has 3 aromatic rings. The van der Waals surface area contributed by atoms with E-state index in [0.29, 0.717) is 29.2 Å². The molecule has 0 saturated carbocycles. The van der Waals surface area contributed by atoms with Gasteiger partial charge in [-0.3, -0.25) is 14.5 Å². The quantitative estimate of drug-likeness (QED) is 0.331. The van der Waals surface area contributed by atoms with Gasteiger partial charge >= 0.3 is 0 Å². The minimum Gasteiger partial charge on any atom is -0.507 e. The van der Waals surface area contributed by atoms with Gasteiger partial charge in [-0.05, 0) is 48.9 Å². The van der Waals surface area contributed by atoms with Gasteiger partial charge in [0, 0.05) is 11.3 Å². The Morgan fingerprint density at radius 3 is 2.33 bits per heavy atom. The molecule has 0 aromatic heterocycles. The van der Waals surface area contributed by atoms with Gasteiger partial charge in [-0.25, -0.2) is 0 Å². The molecular formula is C26H23NO6. The molecule has 0 unspecified atom stereocenters. The summed E-state index contributed by atoms with van der Waals surface area (Å²) in [5.74, 6) is -1.12. The van der Waals surface area contributed by atoms with E-state index in [1.807, 2.05) is 6.92 Å². The highest BCUT2D eigenvalue weighted by atomic mass is 16.5. The summed E-state index contributed by atoms with van der Waals surface area (Å²) in [5.41, 5.74) is 1.32. The number of methoxy groups -OCH3 is 1. The Morgan fingerprint density at radius 2 is 1.70 bits per heavy atom. The number of amides is 1.